The maximum atomic E-state index is 13.2. The van der Waals surface area contributed by atoms with Crippen LogP contribution < -0.4 is 23.7 Å². The summed E-state index contributed by atoms with van der Waals surface area (Å²) < 4.78 is 26.3. The van der Waals surface area contributed by atoms with Crippen molar-refractivity contribution < 1.29 is 38.4 Å². The summed E-state index contributed by atoms with van der Waals surface area (Å²) in [6.45, 7) is 0. The molecule has 0 aromatic heterocycles. The molecule has 0 saturated heterocycles. The molecule has 2 aromatic rings. The predicted molar refractivity (Wildman–Crippen MR) is 100 cm³/mol. The van der Waals surface area contributed by atoms with Crippen molar-refractivity contribution in [2.45, 2.75) is 6.42 Å². The minimum absolute atomic E-state index is 0.175. The summed E-state index contributed by atoms with van der Waals surface area (Å²) in [4.78, 5) is 24.5. The van der Waals surface area contributed by atoms with Crippen LogP contribution in [-0.2, 0) is 11.2 Å². The normalized spacial score (nSPS) is 10.2. The maximum Gasteiger partial charge on any atom is 0.307 e. The average molecular weight is 390 g/mol. The van der Waals surface area contributed by atoms with Crippen LogP contribution in [0.3, 0.4) is 0 Å². The van der Waals surface area contributed by atoms with Gasteiger partial charge in [-0.3, -0.25) is 9.59 Å². The molecule has 0 aliphatic rings. The number of carbonyl (C=O) groups is 2. The van der Waals surface area contributed by atoms with E-state index in [9.17, 15) is 14.7 Å². The van der Waals surface area contributed by atoms with Crippen LogP contribution in [0.1, 0.15) is 21.5 Å². The first-order chi connectivity index (χ1) is 13.4. The number of carbonyl (C=O) groups excluding carboxylic acids is 1. The van der Waals surface area contributed by atoms with Gasteiger partial charge >= 0.3 is 5.97 Å². The van der Waals surface area contributed by atoms with Gasteiger partial charge in [-0.2, -0.15) is 0 Å². The van der Waals surface area contributed by atoms with Crippen LogP contribution in [0.15, 0.2) is 24.3 Å². The lowest BCUT2D eigenvalue weighted by Crippen LogP contribution is -2.11. The average Bonchev–Trinajstić information content (AvgIpc) is 2.71. The van der Waals surface area contributed by atoms with E-state index in [1.165, 1.54) is 59.8 Å². The van der Waals surface area contributed by atoms with Crippen LogP contribution >= 0.6 is 0 Å². The molecule has 0 aliphatic carbocycles. The second kappa shape index (κ2) is 8.98. The predicted octanol–water partition coefficient (Wildman–Crippen LogP) is 2.59. The molecule has 0 unspecified atom stereocenters. The van der Waals surface area contributed by atoms with Gasteiger partial charge < -0.3 is 28.8 Å². The first kappa shape index (κ1) is 20.9. The Morgan fingerprint density at radius 1 is 0.750 bits per heavy atom. The molecular formula is C20H22O8. The fourth-order valence-corrected chi connectivity index (χ4v) is 2.81. The zero-order valence-corrected chi connectivity index (χ0v) is 16.3. The Balaban J connectivity index is 2.66. The molecule has 8 heteroatoms. The Labute approximate surface area is 162 Å². The highest BCUT2D eigenvalue weighted by Crippen LogP contribution is 2.39. The Morgan fingerprint density at radius 2 is 1.25 bits per heavy atom. The molecule has 0 amide bonds. The summed E-state index contributed by atoms with van der Waals surface area (Å²) in [7, 11) is 7.21. The fourth-order valence-electron chi connectivity index (χ4n) is 2.81. The number of hydrogen-bond acceptors (Lipinski definition) is 7. The number of ketones is 1. The molecule has 0 heterocycles. The minimum atomic E-state index is -1.08. The van der Waals surface area contributed by atoms with E-state index in [2.05, 4.69) is 0 Å². The summed E-state index contributed by atoms with van der Waals surface area (Å²) in [5.41, 5.74) is 0.714. The molecule has 0 radical (unpaired) electrons. The van der Waals surface area contributed by atoms with Gasteiger partial charge in [-0.1, -0.05) is 0 Å². The number of carboxylic acid groups (broad SMARTS) is 1. The number of benzene rings is 2. The summed E-state index contributed by atoms with van der Waals surface area (Å²) in [5.74, 6) is 0.116. The lowest BCUT2D eigenvalue weighted by atomic mass is 9.95. The molecule has 0 aliphatic heterocycles. The fraction of sp³-hybridized carbons (Fsp3) is 0.300. The van der Waals surface area contributed by atoms with Crippen LogP contribution in [-0.4, -0.2) is 52.4 Å². The monoisotopic (exact) mass is 390 g/mol. The van der Waals surface area contributed by atoms with Crippen molar-refractivity contribution in [3.8, 4) is 28.7 Å². The zero-order valence-electron chi connectivity index (χ0n) is 16.3. The van der Waals surface area contributed by atoms with Gasteiger partial charge in [0.2, 0.25) is 5.75 Å². The number of rotatable bonds is 9. The van der Waals surface area contributed by atoms with Crippen LogP contribution in [0.25, 0.3) is 0 Å². The molecule has 150 valence electrons. The number of ether oxygens (including phenoxy) is 5. The van der Waals surface area contributed by atoms with Gasteiger partial charge in [0.1, 0.15) is 0 Å². The van der Waals surface area contributed by atoms with Crippen molar-refractivity contribution in [2.75, 3.05) is 35.5 Å². The summed E-state index contributed by atoms with van der Waals surface area (Å²) >= 11 is 0. The van der Waals surface area contributed by atoms with Crippen LogP contribution in [0.5, 0.6) is 28.7 Å². The van der Waals surface area contributed by atoms with Crippen molar-refractivity contribution in [2.24, 2.45) is 0 Å². The molecule has 0 fully saturated rings. The molecule has 0 atom stereocenters. The minimum Gasteiger partial charge on any atom is -0.493 e. The Morgan fingerprint density at radius 3 is 1.68 bits per heavy atom. The van der Waals surface area contributed by atoms with Crippen molar-refractivity contribution in [3.63, 3.8) is 0 Å². The Kier molecular flexibility index (Phi) is 6.70. The first-order valence-corrected chi connectivity index (χ1v) is 8.21. The molecule has 2 rings (SSSR count). The van der Waals surface area contributed by atoms with Gasteiger partial charge in [-0.05, 0) is 29.8 Å². The molecule has 8 nitrogen and oxygen atoms in total. The van der Waals surface area contributed by atoms with Crippen molar-refractivity contribution in [1.82, 2.24) is 0 Å². The quantitative estimate of drug-likeness (QED) is 0.652. The first-order valence-electron chi connectivity index (χ1n) is 8.21. The smallest absolute Gasteiger partial charge is 0.307 e. The van der Waals surface area contributed by atoms with E-state index >= 15 is 0 Å². The lowest BCUT2D eigenvalue weighted by molar-refractivity contribution is -0.136. The van der Waals surface area contributed by atoms with E-state index in [0.717, 1.165) is 0 Å². The molecule has 0 spiro atoms. The highest BCUT2D eigenvalue weighted by Gasteiger charge is 2.23. The van der Waals surface area contributed by atoms with E-state index in [-0.39, 0.29) is 17.5 Å². The maximum absolute atomic E-state index is 13.2. The van der Waals surface area contributed by atoms with Crippen molar-refractivity contribution in [1.29, 1.82) is 0 Å². The van der Waals surface area contributed by atoms with E-state index in [1.54, 1.807) is 0 Å². The molecular weight excluding hydrogens is 368 g/mol. The SMILES string of the molecule is COc1cc(CC(=O)O)c(C(=O)c2cc(OC)c(OC)c(OC)c2)cc1OC. The third kappa shape index (κ3) is 4.11. The Bertz CT molecular complexity index is 863. The lowest BCUT2D eigenvalue weighted by Gasteiger charge is -2.16. The topological polar surface area (TPSA) is 101 Å². The van der Waals surface area contributed by atoms with Crippen LogP contribution in [0.2, 0.25) is 0 Å². The van der Waals surface area contributed by atoms with Gasteiger partial charge in [0.25, 0.3) is 0 Å². The zero-order chi connectivity index (χ0) is 20.8. The number of methoxy groups -OCH3 is 5. The number of hydrogen-bond donors (Lipinski definition) is 1. The van der Waals surface area contributed by atoms with E-state index < -0.39 is 11.8 Å². The van der Waals surface area contributed by atoms with Crippen molar-refractivity contribution >= 4 is 11.8 Å². The highest BCUT2D eigenvalue weighted by atomic mass is 16.5. The standard InChI is InChI=1S/C20H22O8/c1-24-14-6-11(9-18(21)22)13(10-15(14)25-2)19(23)12-7-16(26-3)20(28-5)17(8-12)27-4/h6-8,10H,9H2,1-5H3,(H,21,22). The highest BCUT2D eigenvalue weighted by molar-refractivity contribution is 6.11. The van der Waals surface area contributed by atoms with E-state index in [4.69, 9.17) is 23.7 Å². The second-order valence-electron chi connectivity index (χ2n) is 5.68. The third-order valence-corrected chi connectivity index (χ3v) is 4.12. The summed E-state index contributed by atoms with van der Waals surface area (Å²) in [6, 6.07) is 5.96. The summed E-state index contributed by atoms with van der Waals surface area (Å²) in [5, 5.41) is 9.23. The third-order valence-electron chi connectivity index (χ3n) is 4.12. The molecule has 2 aromatic carbocycles. The van der Waals surface area contributed by atoms with E-state index in [1.807, 2.05) is 0 Å². The van der Waals surface area contributed by atoms with Crippen molar-refractivity contribution in [3.05, 3.63) is 41.0 Å². The molecule has 1 N–H and O–H groups in total. The largest absolute Gasteiger partial charge is 0.493 e. The Hall–Kier alpha value is -3.42. The van der Waals surface area contributed by atoms with Gasteiger partial charge in [0.05, 0.1) is 42.0 Å². The molecule has 0 bridgehead atoms. The summed E-state index contributed by atoms with van der Waals surface area (Å²) in [6.07, 6.45) is -0.355. The van der Waals surface area contributed by atoms with Gasteiger partial charge in [-0.15, -0.1) is 0 Å². The van der Waals surface area contributed by atoms with Gasteiger partial charge in [0.15, 0.2) is 28.8 Å². The van der Waals surface area contributed by atoms with Crippen LogP contribution in [0, 0.1) is 0 Å². The molecule has 0 saturated carbocycles. The number of aliphatic carboxylic acids is 1. The molecule has 28 heavy (non-hydrogen) atoms. The second-order valence-corrected chi connectivity index (χ2v) is 5.68. The number of carboxylic acids is 1. The van der Waals surface area contributed by atoms with Gasteiger partial charge in [-0.25, -0.2) is 0 Å². The van der Waals surface area contributed by atoms with Crippen LogP contribution in [0.4, 0.5) is 0 Å². The van der Waals surface area contributed by atoms with E-state index in [0.29, 0.717) is 34.3 Å². The van der Waals surface area contributed by atoms with Gasteiger partial charge in [0, 0.05) is 11.1 Å².